The third kappa shape index (κ3) is 5.75. The van der Waals surface area contributed by atoms with E-state index < -0.39 is 0 Å². The summed E-state index contributed by atoms with van der Waals surface area (Å²) in [6.07, 6.45) is 6.92. The van der Waals surface area contributed by atoms with Crippen LogP contribution in [-0.4, -0.2) is 0 Å². The van der Waals surface area contributed by atoms with Crippen LogP contribution in [0.15, 0.2) is 212 Å². The topological polar surface area (TPSA) is 3.24 Å². The third-order valence-electron chi connectivity index (χ3n) is 17.5. The van der Waals surface area contributed by atoms with Gasteiger partial charge in [0.1, 0.15) is 0 Å². The van der Waals surface area contributed by atoms with Gasteiger partial charge in [0.15, 0.2) is 0 Å². The molecule has 0 atom stereocenters. The Morgan fingerprint density at radius 1 is 0.338 bits per heavy atom. The van der Waals surface area contributed by atoms with E-state index in [9.17, 15) is 0 Å². The third-order valence-corrected chi connectivity index (χ3v) is 17.5. The molecule has 0 heterocycles. The molecular formula is C67H55N. The number of nitrogens with zero attached hydrogens (tertiary/aromatic N) is 1. The molecule has 0 aliphatic heterocycles. The summed E-state index contributed by atoms with van der Waals surface area (Å²) in [6.45, 7) is 4.79. The monoisotopic (exact) mass is 873 g/mol. The summed E-state index contributed by atoms with van der Waals surface area (Å²) in [5, 5.41) is 0. The maximum Gasteiger partial charge on any atom is 0.0540 e. The van der Waals surface area contributed by atoms with Gasteiger partial charge in [-0.2, -0.15) is 0 Å². The van der Waals surface area contributed by atoms with Crippen molar-refractivity contribution in [3.05, 3.63) is 235 Å². The van der Waals surface area contributed by atoms with Gasteiger partial charge in [0, 0.05) is 27.8 Å². The standard InChI is InChI=1S/C67H55N/c1-66(2)61-28-13-10-24-57(61)60-27-16-26-52(65(60)66)46-31-33-49(34-32-46)68(50-35-36-58-56-23-11-14-29-62(56)67(63(58)42-50)47-38-43-37-44(40-47)41-48(67)39-43)64-30-15-12-25-59(64)55-22-9-8-21-54(55)53-20-7-6-19-51(53)45-17-4-3-5-18-45/h3-36,42-44,47-48H,37-41H2,1-2H3. The molecule has 6 aliphatic carbocycles. The van der Waals surface area contributed by atoms with Crippen LogP contribution in [0.2, 0.25) is 0 Å². The SMILES string of the molecule is CC1(C)c2ccccc2-c2cccc(-c3ccc(N(c4ccc5c(c4)C4(c6ccccc6-5)C5CC6CC(C5)CC4C6)c4ccccc4-c4ccccc4-c4ccccc4-c4ccccc4)cc3)c21. The minimum absolute atomic E-state index is 0.0657. The summed E-state index contributed by atoms with van der Waals surface area (Å²) in [5.41, 5.74) is 25.1. The first kappa shape index (κ1) is 39.9. The second kappa shape index (κ2) is 15.1. The molecule has 0 unspecified atom stereocenters. The highest BCUT2D eigenvalue weighted by molar-refractivity contribution is 5.98. The number of hydrogen-bond acceptors (Lipinski definition) is 1. The minimum Gasteiger partial charge on any atom is -0.310 e. The molecule has 9 aromatic rings. The second-order valence-corrected chi connectivity index (χ2v) is 21.2. The van der Waals surface area contributed by atoms with Gasteiger partial charge in [0.2, 0.25) is 0 Å². The van der Waals surface area contributed by atoms with E-state index in [2.05, 4.69) is 231 Å². The minimum atomic E-state index is -0.103. The van der Waals surface area contributed by atoms with E-state index in [1.54, 1.807) is 11.1 Å². The molecule has 1 nitrogen and oxygen atoms in total. The van der Waals surface area contributed by atoms with E-state index in [-0.39, 0.29) is 10.8 Å². The maximum atomic E-state index is 2.66. The van der Waals surface area contributed by atoms with Crippen LogP contribution >= 0.6 is 0 Å². The Labute approximate surface area is 401 Å². The van der Waals surface area contributed by atoms with Gasteiger partial charge in [-0.25, -0.2) is 0 Å². The lowest BCUT2D eigenvalue weighted by Gasteiger charge is -2.61. The quantitative estimate of drug-likeness (QED) is 0.154. The van der Waals surface area contributed by atoms with E-state index in [0.29, 0.717) is 11.8 Å². The van der Waals surface area contributed by atoms with Gasteiger partial charge in [0.25, 0.3) is 0 Å². The highest BCUT2D eigenvalue weighted by atomic mass is 15.1. The molecule has 0 aromatic heterocycles. The molecule has 0 radical (unpaired) electrons. The van der Waals surface area contributed by atoms with Crippen LogP contribution in [0.25, 0.3) is 66.8 Å². The van der Waals surface area contributed by atoms with E-state index in [1.807, 2.05) is 0 Å². The van der Waals surface area contributed by atoms with E-state index >= 15 is 0 Å². The lowest BCUT2D eigenvalue weighted by atomic mass is 9.43. The van der Waals surface area contributed by atoms with Crippen LogP contribution in [0.5, 0.6) is 0 Å². The molecular weight excluding hydrogens is 819 g/mol. The van der Waals surface area contributed by atoms with Crippen LogP contribution in [-0.2, 0) is 10.8 Å². The van der Waals surface area contributed by atoms with Crippen LogP contribution in [0, 0.1) is 23.7 Å². The molecule has 0 saturated heterocycles. The van der Waals surface area contributed by atoms with Crippen molar-refractivity contribution in [2.45, 2.75) is 56.8 Å². The molecule has 0 N–H and O–H groups in total. The molecule has 4 fully saturated rings. The average Bonchev–Trinajstić information content (AvgIpc) is 3.81. The Balaban J connectivity index is 0.963. The number of fused-ring (bicyclic) bond motifs is 6. The van der Waals surface area contributed by atoms with Gasteiger partial charge < -0.3 is 4.90 Å². The highest BCUT2D eigenvalue weighted by Crippen LogP contribution is 2.70. The Hall–Kier alpha value is -7.22. The molecule has 328 valence electrons. The van der Waals surface area contributed by atoms with Gasteiger partial charge in [-0.3, -0.25) is 0 Å². The van der Waals surface area contributed by atoms with Gasteiger partial charge in [-0.05, 0) is 170 Å². The lowest BCUT2D eigenvalue weighted by molar-refractivity contribution is -0.0399. The van der Waals surface area contributed by atoms with Gasteiger partial charge in [-0.15, -0.1) is 0 Å². The van der Waals surface area contributed by atoms with Gasteiger partial charge in [0.05, 0.1) is 5.69 Å². The number of rotatable bonds is 7. The van der Waals surface area contributed by atoms with Crippen molar-refractivity contribution in [2.24, 2.45) is 23.7 Å². The van der Waals surface area contributed by atoms with Crippen molar-refractivity contribution in [1.29, 1.82) is 0 Å². The Kier molecular flexibility index (Phi) is 8.89. The first-order valence-corrected chi connectivity index (χ1v) is 25.2. The predicted molar refractivity (Wildman–Crippen MR) is 284 cm³/mol. The fourth-order valence-electron chi connectivity index (χ4n) is 15.0. The lowest BCUT2D eigenvalue weighted by Crippen LogP contribution is -2.55. The predicted octanol–water partition coefficient (Wildman–Crippen LogP) is 17.9. The maximum absolute atomic E-state index is 2.66. The number of hydrogen-bond donors (Lipinski definition) is 0. The van der Waals surface area contributed by atoms with Gasteiger partial charge in [-0.1, -0.05) is 196 Å². The normalized spacial score (nSPS) is 21.9. The average molecular weight is 874 g/mol. The fourth-order valence-corrected chi connectivity index (χ4v) is 15.0. The summed E-state index contributed by atoms with van der Waals surface area (Å²) < 4.78 is 0. The molecule has 68 heavy (non-hydrogen) atoms. The smallest absolute Gasteiger partial charge is 0.0540 e. The number of anilines is 3. The van der Waals surface area contributed by atoms with Crippen molar-refractivity contribution >= 4 is 17.1 Å². The Morgan fingerprint density at radius 3 is 1.50 bits per heavy atom. The summed E-state index contributed by atoms with van der Waals surface area (Å²) in [6, 6.07) is 80.5. The van der Waals surface area contributed by atoms with Crippen LogP contribution in [0.3, 0.4) is 0 Å². The Bertz CT molecular complexity index is 3420. The zero-order valence-electron chi connectivity index (χ0n) is 39.0. The molecule has 4 bridgehead atoms. The molecule has 1 spiro atoms. The molecule has 0 amide bonds. The number of para-hydroxylation sites is 1. The van der Waals surface area contributed by atoms with Crippen molar-refractivity contribution in [3.8, 4) is 66.8 Å². The zero-order chi connectivity index (χ0) is 45.1. The van der Waals surface area contributed by atoms with Crippen LogP contribution < -0.4 is 4.90 Å². The Morgan fingerprint density at radius 2 is 0.809 bits per heavy atom. The molecule has 6 aliphatic rings. The van der Waals surface area contributed by atoms with Crippen LogP contribution in [0.1, 0.15) is 68.2 Å². The first-order chi connectivity index (χ1) is 33.5. The van der Waals surface area contributed by atoms with E-state index in [1.165, 1.54) is 121 Å². The largest absolute Gasteiger partial charge is 0.310 e. The van der Waals surface area contributed by atoms with E-state index in [0.717, 1.165) is 17.5 Å². The fraction of sp³-hybridized carbons (Fsp3) is 0.194. The van der Waals surface area contributed by atoms with Crippen molar-refractivity contribution in [2.75, 3.05) is 4.90 Å². The molecule has 15 rings (SSSR count). The first-order valence-electron chi connectivity index (χ1n) is 25.2. The van der Waals surface area contributed by atoms with Crippen molar-refractivity contribution in [1.82, 2.24) is 0 Å². The highest BCUT2D eigenvalue weighted by Gasteiger charge is 2.61. The van der Waals surface area contributed by atoms with Crippen molar-refractivity contribution < 1.29 is 0 Å². The van der Waals surface area contributed by atoms with Crippen molar-refractivity contribution in [3.63, 3.8) is 0 Å². The second-order valence-electron chi connectivity index (χ2n) is 21.2. The van der Waals surface area contributed by atoms with Crippen LogP contribution in [0.4, 0.5) is 17.1 Å². The summed E-state index contributed by atoms with van der Waals surface area (Å²) in [5.74, 6) is 3.16. The van der Waals surface area contributed by atoms with Gasteiger partial charge >= 0.3 is 0 Å². The molecule has 9 aromatic carbocycles. The summed E-state index contributed by atoms with van der Waals surface area (Å²) in [7, 11) is 0. The zero-order valence-corrected chi connectivity index (χ0v) is 39.0. The van der Waals surface area contributed by atoms with E-state index in [4.69, 9.17) is 0 Å². The summed E-state index contributed by atoms with van der Waals surface area (Å²) >= 11 is 0. The summed E-state index contributed by atoms with van der Waals surface area (Å²) in [4.78, 5) is 2.58. The number of benzene rings is 9. The molecule has 1 heteroatoms. The molecule has 4 saturated carbocycles.